The number of carbonyl (C=O) groups excluding carboxylic acids is 2. The van der Waals surface area contributed by atoms with Crippen LogP contribution in [-0.4, -0.2) is 11.9 Å². The average Bonchev–Trinajstić information content (AvgIpc) is 2.39. The molecule has 1 aliphatic rings. The van der Waals surface area contributed by atoms with E-state index in [9.17, 15) is 9.59 Å². The van der Waals surface area contributed by atoms with Crippen molar-refractivity contribution in [3.8, 4) is 0 Å². The van der Waals surface area contributed by atoms with Crippen molar-refractivity contribution < 1.29 is 14.3 Å². The summed E-state index contributed by atoms with van der Waals surface area (Å²) < 4.78 is 4.69. The first-order valence-corrected chi connectivity index (χ1v) is 5.24. The van der Waals surface area contributed by atoms with Gasteiger partial charge in [0.1, 0.15) is 0 Å². The summed E-state index contributed by atoms with van der Waals surface area (Å²) in [6, 6.07) is 0. The van der Waals surface area contributed by atoms with E-state index < -0.39 is 0 Å². The monoisotopic (exact) mass is 198 g/mol. The van der Waals surface area contributed by atoms with Crippen molar-refractivity contribution >= 4 is 11.9 Å². The van der Waals surface area contributed by atoms with Crippen LogP contribution in [0.3, 0.4) is 0 Å². The van der Waals surface area contributed by atoms with Crippen molar-refractivity contribution in [2.45, 2.75) is 34.1 Å². The molecule has 0 bridgehead atoms. The summed E-state index contributed by atoms with van der Waals surface area (Å²) in [6.45, 7) is 7.94. The molecule has 0 radical (unpaired) electrons. The Morgan fingerprint density at radius 2 is 1.64 bits per heavy atom. The Balaban J connectivity index is 2.89. The minimum atomic E-state index is -0.338. The molecule has 0 spiro atoms. The predicted octanol–water partition coefficient (Wildman–Crippen LogP) is 2.00. The minimum Gasteiger partial charge on any atom is -0.393 e. The van der Waals surface area contributed by atoms with Crippen LogP contribution in [-0.2, 0) is 14.3 Å². The molecule has 3 atom stereocenters. The quantitative estimate of drug-likeness (QED) is 0.514. The third-order valence-corrected chi connectivity index (χ3v) is 3.11. The van der Waals surface area contributed by atoms with Gasteiger partial charge in [0.2, 0.25) is 0 Å². The van der Waals surface area contributed by atoms with Crippen LogP contribution in [0.5, 0.6) is 0 Å². The van der Waals surface area contributed by atoms with Crippen LogP contribution < -0.4 is 0 Å². The molecule has 0 saturated carbocycles. The molecule has 80 valence electrons. The number of ether oxygens (including phenoxy) is 1. The topological polar surface area (TPSA) is 43.4 Å². The molecule has 14 heavy (non-hydrogen) atoms. The van der Waals surface area contributed by atoms with Crippen molar-refractivity contribution in [2.75, 3.05) is 0 Å². The normalized spacial score (nSPS) is 29.5. The first-order valence-electron chi connectivity index (χ1n) is 5.24. The molecule has 3 unspecified atom stereocenters. The summed E-state index contributed by atoms with van der Waals surface area (Å²) in [5, 5.41) is 0. The van der Waals surface area contributed by atoms with E-state index in [0.29, 0.717) is 0 Å². The fourth-order valence-electron chi connectivity index (χ4n) is 2.06. The zero-order chi connectivity index (χ0) is 10.9. The highest BCUT2D eigenvalue weighted by Gasteiger charge is 2.47. The summed E-state index contributed by atoms with van der Waals surface area (Å²) in [5.74, 6) is -0.738. The van der Waals surface area contributed by atoms with Gasteiger partial charge in [0.25, 0.3) is 0 Å². The first-order chi connectivity index (χ1) is 6.49. The van der Waals surface area contributed by atoms with Crippen molar-refractivity contribution in [3.63, 3.8) is 0 Å². The fourth-order valence-corrected chi connectivity index (χ4v) is 2.06. The average molecular weight is 198 g/mol. The van der Waals surface area contributed by atoms with Gasteiger partial charge >= 0.3 is 11.9 Å². The van der Waals surface area contributed by atoms with Gasteiger partial charge < -0.3 is 4.74 Å². The molecule has 3 nitrogen and oxygen atoms in total. The molecule has 0 N–H and O–H groups in total. The van der Waals surface area contributed by atoms with Gasteiger partial charge in [-0.15, -0.1) is 0 Å². The number of hydrogen-bond acceptors (Lipinski definition) is 3. The first kappa shape index (κ1) is 11.2. The van der Waals surface area contributed by atoms with E-state index in [-0.39, 0.29) is 35.6 Å². The molecule has 0 aromatic heterocycles. The zero-order valence-corrected chi connectivity index (χ0v) is 9.24. The smallest absolute Gasteiger partial charge is 0.317 e. The van der Waals surface area contributed by atoms with Crippen molar-refractivity contribution in [3.05, 3.63) is 0 Å². The lowest BCUT2D eigenvalue weighted by Crippen LogP contribution is -2.28. The number of rotatable bonds is 3. The Morgan fingerprint density at radius 1 is 1.14 bits per heavy atom. The van der Waals surface area contributed by atoms with Crippen molar-refractivity contribution in [1.82, 2.24) is 0 Å². The minimum absolute atomic E-state index is 0.174. The Kier molecular flexibility index (Phi) is 3.29. The van der Waals surface area contributed by atoms with E-state index in [1.807, 2.05) is 27.7 Å². The maximum absolute atomic E-state index is 11.5. The van der Waals surface area contributed by atoms with Crippen molar-refractivity contribution in [1.29, 1.82) is 0 Å². The van der Waals surface area contributed by atoms with Gasteiger partial charge in [-0.1, -0.05) is 34.1 Å². The van der Waals surface area contributed by atoms with Gasteiger partial charge in [-0.2, -0.15) is 0 Å². The maximum Gasteiger partial charge on any atom is 0.317 e. The van der Waals surface area contributed by atoms with Gasteiger partial charge in [-0.05, 0) is 11.8 Å². The van der Waals surface area contributed by atoms with E-state index in [1.165, 1.54) is 0 Å². The number of carbonyl (C=O) groups is 2. The second-order valence-corrected chi connectivity index (χ2v) is 4.42. The van der Waals surface area contributed by atoms with Gasteiger partial charge in [0, 0.05) is 0 Å². The summed E-state index contributed by atoms with van der Waals surface area (Å²) in [4.78, 5) is 22.9. The highest BCUT2D eigenvalue weighted by Crippen LogP contribution is 2.36. The van der Waals surface area contributed by atoms with Gasteiger partial charge in [-0.3, -0.25) is 9.59 Å². The number of hydrogen-bond donors (Lipinski definition) is 0. The highest BCUT2D eigenvalue weighted by molar-refractivity contribution is 5.96. The Labute approximate surface area is 84.8 Å². The third kappa shape index (κ3) is 1.81. The highest BCUT2D eigenvalue weighted by atomic mass is 16.6. The Bertz CT molecular complexity index is 245. The Hall–Kier alpha value is -0.860. The lowest BCUT2D eigenvalue weighted by atomic mass is 9.77. The molecule has 0 amide bonds. The van der Waals surface area contributed by atoms with E-state index >= 15 is 0 Å². The van der Waals surface area contributed by atoms with E-state index in [0.717, 1.165) is 6.42 Å². The second-order valence-electron chi connectivity index (χ2n) is 4.42. The molecule has 1 aliphatic heterocycles. The molecule has 1 heterocycles. The standard InChI is InChI=1S/C11H18O3/c1-5-7(4)9-8(6(2)3)10(12)14-11(9)13/h6-9H,5H2,1-4H3. The Morgan fingerprint density at radius 3 is 2.07 bits per heavy atom. The maximum atomic E-state index is 11.5. The van der Waals surface area contributed by atoms with E-state index in [4.69, 9.17) is 4.74 Å². The molecular formula is C11H18O3. The third-order valence-electron chi connectivity index (χ3n) is 3.11. The van der Waals surface area contributed by atoms with Crippen molar-refractivity contribution in [2.24, 2.45) is 23.7 Å². The van der Waals surface area contributed by atoms with Crippen LogP contribution in [0.4, 0.5) is 0 Å². The SMILES string of the molecule is CCC(C)C1C(=O)OC(=O)C1C(C)C. The number of cyclic esters (lactones) is 2. The van der Waals surface area contributed by atoms with Crippen LogP contribution in [0.25, 0.3) is 0 Å². The summed E-state index contributed by atoms with van der Waals surface area (Å²) in [7, 11) is 0. The van der Waals surface area contributed by atoms with Crippen LogP contribution in [0.2, 0.25) is 0 Å². The fraction of sp³-hybridized carbons (Fsp3) is 0.818. The molecule has 0 aromatic carbocycles. The molecule has 0 aromatic rings. The molecule has 0 aliphatic carbocycles. The largest absolute Gasteiger partial charge is 0.393 e. The van der Waals surface area contributed by atoms with Gasteiger partial charge in [-0.25, -0.2) is 0 Å². The van der Waals surface area contributed by atoms with Crippen LogP contribution in [0, 0.1) is 23.7 Å². The van der Waals surface area contributed by atoms with Gasteiger partial charge in [0.15, 0.2) is 0 Å². The summed E-state index contributed by atoms with van der Waals surface area (Å²) >= 11 is 0. The predicted molar refractivity (Wildman–Crippen MR) is 52.4 cm³/mol. The molecule has 3 heteroatoms. The molecule has 1 saturated heterocycles. The van der Waals surface area contributed by atoms with Crippen LogP contribution >= 0.6 is 0 Å². The van der Waals surface area contributed by atoms with Crippen LogP contribution in [0.15, 0.2) is 0 Å². The van der Waals surface area contributed by atoms with E-state index in [1.54, 1.807) is 0 Å². The molecule has 1 fully saturated rings. The molecule has 1 rings (SSSR count). The molecular weight excluding hydrogens is 180 g/mol. The lowest BCUT2D eigenvalue weighted by Gasteiger charge is -2.21. The van der Waals surface area contributed by atoms with Crippen LogP contribution in [0.1, 0.15) is 34.1 Å². The summed E-state index contributed by atoms with van der Waals surface area (Å²) in [6.07, 6.45) is 0.899. The zero-order valence-electron chi connectivity index (χ0n) is 9.24. The second kappa shape index (κ2) is 4.11. The summed E-state index contributed by atoms with van der Waals surface area (Å²) in [5.41, 5.74) is 0. The van der Waals surface area contributed by atoms with Gasteiger partial charge in [0.05, 0.1) is 11.8 Å². The van der Waals surface area contributed by atoms with E-state index in [2.05, 4.69) is 0 Å². The lowest BCUT2D eigenvalue weighted by molar-refractivity contribution is -0.154. The number of esters is 2.